The molecular formula is C25H42N4O6. The summed E-state index contributed by atoms with van der Waals surface area (Å²) < 4.78 is 0. The molecule has 1 aliphatic heterocycles. The highest BCUT2D eigenvalue weighted by Crippen LogP contribution is 2.15. The molecule has 10 nitrogen and oxygen atoms in total. The third-order valence-corrected chi connectivity index (χ3v) is 5.41. The Bertz CT molecular complexity index is 772. The molecule has 1 saturated heterocycles. The van der Waals surface area contributed by atoms with Crippen LogP contribution in [0.5, 0.6) is 0 Å². The molecule has 198 valence electrons. The highest BCUT2D eigenvalue weighted by molar-refractivity contribution is 5.93. The van der Waals surface area contributed by atoms with E-state index in [0.29, 0.717) is 44.7 Å². The number of rotatable bonds is 9. The van der Waals surface area contributed by atoms with E-state index in [9.17, 15) is 24.6 Å². The molecule has 1 fully saturated rings. The van der Waals surface area contributed by atoms with Crippen molar-refractivity contribution < 1.29 is 29.7 Å². The molecule has 0 aliphatic carbocycles. The van der Waals surface area contributed by atoms with E-state index in [1.54, 1.807) is 19.2 Å². The van der Waals surface area contributed by atoms with Gasteiger partial charge in [-0.2, -0.15) is 0 Å². The number of carboxylic acid groups (broad SMARTS) is 1. The zero-order valence-electron chi connectivity index (χ0n) is 21.4. The van der Waals surface area contributed by atoms with E-state index in [0.717, 1.165) is 19.0 Å². The summed E-state index contributed by atoms with van der Waals surface area (Å²) in [6.07, 6.45) is 1.50. The lowest BCUT2D eigenvalue weighted by molar-refractivity contribution is -0.138. The maximum Gasteiger partial charge on any atom is 0.317 e. The number of amides is 1. The Labute approximate surface area is 208 Å². The molecule has 1 amide bonds. The molecule has 0 bridgehead atoms. The van der Waals surface area contributed by atoms with Crippen molar-refractivity contribution in [3.05, 3.63) is 47.7 Å². The van der Waals surface area contributed by atoms with E-state index in [4.69, 9.17) is 5.11 Å². The number of carbonyl (C=O) groups excluding carboxylic acids is 2. The van der Waals surface area contributed by atoms with E-state index in [2.05, 4.69) is 16.8 Å². The summed E-state index contributed by atoms with van der Waals surface area (Å²) in [6, 6.07) is 7.33. The van der Waals surface area contributed by atoms with Gasteiger partial charge in [0, 0.05) is 58.5 Å². The van der Waals surface area contributed by atoms with Crippen molar-refractivity contribution in [3.8, 4) is 0 Å². The first kappa shape index (κ1) is 32.2. The van der Waals surface area contributed by atoms with Gasteiger partial charge in [-0.1, -0.05) is 32.6 Å². The van der Waals surface area contributed by atoms with Crippen molar-refractivity contribution in [2.24, 2.45) is 0 Å². The van der Waals surface area contributed by atoms with Crippen LogP contribution >= 0.6 is 0 Å². The predicted octanol–water partition coefficient (Wildman–Crippen LogP) is 0.867. The van der Waals surface area contributed by atoms with Gasteiger partial charge in [-0.25, -0.2) is 0 Å². The van der Waals surface area contributed by atoms with Crippen LogP contribution in [-0.2, 0) is 16.0 Å². The molecule has 1 heterocycles. The Morgan fingerprint density at radius 1 is 1.03 bits per heavy atom. The van der Waals surface area contributed by atoms with E-state index in [1.807, 2.05) is 35.8 Å². The van der Waals surface area contributed by atoms with E-state index >= 15 is 0 Å². The molecule has 1 aromatic rings. The molecule has 0 saturated carbocycles. The first-order chi connectivity index (χ1) is 16.8. The van der Waals surface area contributed by atoms with Crippen molar-refractivity contribution in [1.82, 2.24) is 20.0 Å². The van der Waals surface area contributed by atoms with Gasteiger partial charge in [-0.3, -0.25) is 24.3 Å². The van der Waals surface area contributed by atoms with Crippen LogP contribution in [0.15, 0.2) is 36.6 Å². The SMILES string of the molecule is C=C(O)CN1CCN(CC(=O)O)CCN(CC=O)CC1Cc1ccc(C(=O)NC)cc1.CC.CO. The molecule has 1 aliphatic rings. The van der Waals surface area contributed by atoms with Crippen LogP contribution in [0.2, 0.25) is 0 Å². The first-order valence-corrected chi connectivity index (χ1v) is 11.8. The molecule has 0 aromatic heterocycles. The van der Waals surface area contributed by atoms with Crippen LogP contribution in [-0.4, -0.2) is 121 Å². The summed E-state index contributed by atoms with van der Waals surface area (Å²) in [6.45, 7) is 10.9. The van der Waals surface area contributed by atoms with Gasteiger partial charge >= 0.3 is 5.97 Å². The fourth-order valence-electron chi connectivity index (χ4n) is 3.82. The number of aliphatic hydroxyl groups excluding tert-OH is 2. The topological polar surface area (TPSA) is 134 Å². The van der Waals surface area contributed by atoms with Crippen molar-refractivity contribution in [2.75, 3.05) is 66.5 Å². The summed E-state index contributed by atoms with van der Waals surface area (Å²) >= 11 is 0. The average molecular weight is 495 g/mol. The normalized spacial score (nSPS) is 17.2. The van der Waals surface area contributed by atoms with E-state index in [1.165, 1.54) is 0 Å². The van der Waals surface area contributed by atoms with Crippen LogP contribution in [0, 0.1) is 0 Å². The molecule has 4 N–H and O–H groups in total. The maximum atomic E-state index is 11.8. The second-order valence-corrected chi connectivity index (χ2v) is 7.77. The minimum Gasteiger partial charge on any atom is -0.512 e. The molecule has 1 atom stereocenters. The summed E-state index contributed by atoms with van der Waals surface area (Å²) in [4.78, 5) is 40.1. The number of aliphatic hydroxyl groups is 2. The Balaban J connectivity index is 0.00000274. The first-order valence-electron chi connectivity index (χ1n) is 11.8. The number of nitrogens with one attached hydrogen (secondary N) is 1. The standard InChI is InChI=1S/C22H32N4O5.C2H6.CH4O/c1-17(28)14-26-10-9-24(16-21(29)30)7-8-25(11-12-27)15-20(26)13-18-3-5-19(6-4-18)22(31)23-2;2*1-2/h3-6,12,20,28H,1,7-11,13-16H2,2H3,(H,23,31)(H,29,30);1-2H3;2H,1H3. The molecule has 35 heavy (non-hydrogen) atoms. The average Bonchev–Trinajstić information content (AvgIpc) is 2.92. The monoisotopic (exact) mass is 494 g/mol. The molecule has 1 unspecified atom stereocenters. The molecule has 1 aromatic carbocycles. The van der Waals surface area contributed by atoms with Crippen molar-refractivity contribution in [1.29, 1.82) is 0 Å². The van der Waals surface area contributed by atoms with Crippen LogP contribution in [0.25, 0.3) is 0 Å². The number of aliphatic carboxylic acids is 1. The van der Waals surface area contributed by atoms with Gasteiger partial charge in [0.15, 0.2) is 0 Å². The number of benzene rings is 1. The number of carbonyl (C=O) groups is 3. The van der Waals surface area contributed by atoms with Crippen LogP contribution in [0.1, 0.15) is 29.8 Å². The minimum absolute atomic E-state index is 0.0283. The molecule has 10 heteroatoms. The molecular weight excluding hydrogens is 452 g/mol. The lowest BCUT2D eigenvalue weighted by Gasteiger charge is -2.34. The number of hydrogen-bond donors (Lipinski definition) is 4. The van der Waals surface area contributed by atoms with Gasteiger partial charge in [-0.05, 0) is 24.1 Å². The lowest BCUT2D eigenvalue weighted by Crippen LogP contribution is -2.47. The van der Waals surface area contributed by atoms with Gasteiger partial charge in [-0.15, -0.1) is 0 Å². The Morgan fingerprint density at radius 3 is 2.11 bits per heavy atom. The summed E-state index contributed by atoms with van der Waals surface area (Å²) in [5.74, 6) is -1.01. The van der Waals surface area contributed by atoms with Crippen molar-refractivity contribution in [2.45, 2.75) is 26.3 Å². The highest BCUT2D eigenvalue weighted by atomic mass is 16.4. The number of carboxylic acids is 1. The quantitative estimate of drug-likeness (QED) is 0.291. The van der Waals surface area contributed by atoms with Gasteiger partial charge < -0.3 is 25.4 Å². The van der Waals surface area contributed by atoms with Gasteiger partial charge in [0.2, 0.25) is 0 Å². The van der Waals surface area contributed by atoms with Crippen molar-refractivity contribution in [3.63, 3.8) is 0 Å². The Morgan fingerprint density at radius 2 is 1.60 bits per heavy atom. The fourth-order valence-corrected chi connectivity index (χ4v) is 3.82. The fraction of sp³-hybridized carbons (Fsp3) is 0.560. The zero-order valence-corrected chi connectivity index (χ0v) is 21.4. The molecule has 0 radical (unpaired) electrons. The van der Waals surface area contributed by atoms with Crippen LogP contribution in [0.3, 0.4) is 0 Å². The van der Waals surface area contributed by atoms with Gasteiger partial charge in [0.1, 0.15) is 6.29 Å². The smallest absolute Gasteiger partial charge is 0.317 e. The second-order valence-electron chi connectivity index (χ2n) is 7.77. The maximum absolute atomic E-state index is 11.8. The highest BCUT2D eigenvalue weighted by Gasteiger charge is 2.26. The van der Waals surface area contributed by atoms with Crippen LogP contribution in [0.4, 0.5) is 0 Å². The van der Waals surface area contributed by atoms with Crippen LogP contribution < -0.4 is 5.32 Å². The number of aldehydes is 1. The second kappa shape index (κ2) is 18.5. The molecule has 0 spiro atoms. The summed E-state index contributed by atoms with van der Waals surface area (Å²) in [5, 5.41) is 28.7. The Kier molecular flexibility index (Phi) is 17.0. The third kappa shape index (κ3) is 12.5. The number of hydrogen-bond acceptors (Lipinski definition) is 8. The molecule has 2 rings (SSSR count). The zero-order chi connectivity index (χ0) is 26.8. The predicted molar refractivity (Wildman–Crippen MR) is 137 cm³/mol. The summed E-state index contributed by atoms with van der Waals surface area (Å²) in [7, 11) is 2.59. The van der Waals surface area contributed by atoms with Gasteiger partial charge in [0.05, 0.1) is 25.4 Å². The number of nitrogens with zero attached hydrogens (tertiary/aromatic N) is 3. The third-order valence-electron chi connectivity index (χ3n) is 5.41. The lowest BCUT2D eigenvalue weighted by atomic mass is 10.0. The van der Waals surface area contributed by atoms with E-state index < -0.39 is 5.97 Å². The minimum atomic E-state index is -0.896. The van der Waals surface area contributed by atoms with Gasteiger partial charge in [0.25, 0.3) is 5.91 Å². The van der Waals surface area contributed by atoms with E-state index in [-0.39, 0.29) is 37.3 Å². The van der Waals surface area contributed by atoms with Crippen molar-refractivity contribution >= 4 is 18.2 Å². The largest absolute Gasteiger partial charge is 0.512 e. The summed E-state index contributed by atoms with van der Waals surface area (Å²) in [5.41, 5.74) is 1.60. The Hall–Kier alpha value is -2.79.